The van der Waals surface area contributed by atoms with Gasteiger partial charge in [-0.3, -0.25) is 19.2 Å². The van der Waals surface area contributed by atoms with E-state index >= 15 is 0 Å². The van der Waals surface area contributed by atoms with Gasteiger partial charge in [-0.05, 0) is 30.7 Å². The first-order chi connectivity index (χ1) is 14.1. The molecule has 1 amide bonds. The fourth-order valence-electron chi connectivity index (χ4n) is 2.76. The summed E-state index contributed by atoms with van der Waals surface area (Å²) in [6, 6.07) is 10.2. The zero-order valence-electron chi connectivity index (χ0n) is 17.0. The fourth-order valence-corrected chi connectivity index (χ4v) is 3.61. The number of amides is 1. The first-order valence-electron chi connectivity index (χ1n) is 8.80. The second-order valence-electron chi connectivity index (χ2n) is 6.45. The molecule has 0 saturated carbocycles. The Bertz CT molecular complexity index is 1020. The summed E-state index contributed by atoms with van der Waals surface area (Å²) in [7, 11) is -1.10. The van der Waals surface area contributed by atoms with Gasteiger partial charge >= 0.3 is 0 Å². The van der Waals surface area contributed by atoms with E-state index in [2.05, 4.69) is 5.32 Å². The topological polar surface area (TPSA) is 128 Å². The van der Waals surface area contributed by atoms with Crippen molar-refractivity contribution < 1.29 is 27.6 Å². The van der Waals surface area contributed by atoms with Crippen molar-refractivity contribution in [3.8, 4) is 11.5 Å². The van der Waals surface area contributed by atoms with E-state index in [-0.39, 0.29) is 17.1 Å². The third-order valence-electron chi connectivity index (χ3n) is 4.32. The first-order valence-corrected chi connectivity index (χ1v) is 10.6. The number of anilines is 1. The predicted octanol–water partition coefficient (Wildman–Crippen LogP) is 2.26. The zero-order chi connectivity index (χ0) is 22.5. The van der Waals surface area contributed by atoms with E-state index in [1.54, 1.807) is 38.3 Å². The summed E-state index contributed by atoms with van der Waals surface area (Å²) in [5.41, 5.74) is 0.371. The Morgan fingerprint density at radius 1 is 1.17 bits per heavy atom. The molecule has 0 fully saturated rings. The van der Waals surface area contributed by atoms with E-state index in [0.29, 0.717) is 5.75 Å². The van der Waals surface area contributed by atoms with Crippen LogP contribution in [0.4, 0.5) is 11.4 Å². The summed E-state index contributed by atoms with van der Waals surface area (Å²) in [6.07, 6.45) is 0.908. The van der Waals surface area contributed by atoms with Crippen LogP contribution in [0.25, 0.3) is 0 Å². The number of sulfonamides is 1. The Morgan fingerprint density at radius 2 is 1.80 bits per heavy atom. The number of hydrogen-bond donors (Lipinski definition) is 1. The molecule has 0 aliphatic carbocycles. The molecule has 2 aromatic rings. The van der Waals surface area contributed by atoms with Crippen LogP contribution < -0.4 is 19.1 Å². The summed E-state index contributed by atoms with van der Waals surface area (Å²) in [5, 5.41) is 13.8. The van der Waals surface area contributed by atoms with Crippen molar-refractivity contribution in [3.63, 3.8) is 0 Å². The molecule has 11 heteroatoms. The third-order valence-corrected chi connectivity index (χ3v) is 5.45. The maximum absolute atomic E-state index is 12.6. The minimum Gasteiger partial charge on any atom is -0.497 e. The number of benzene rings is 2. The molecule has 0 radical (unpaired) electrons. The molecular formula is C19H23N3O7S. The smallest absolute Gasteiger partial charge is 0.271 e. The average Bonchev–Trinajstić information content (AvgIpc) is 2.70. The Kier molecular flexibility index (Phi) is 7.22. The molecule has 0 aromatic heterocycles. The highest BCUT2D eigenvalue weighted by molar-refractivity contribution is 7.92. The number of non-ortho nitro benzene ring substituents is 1. The van der Waals surface area contributed by atoms with Gasteiger partial charge in [-0.2, -0.15) is 0 Å². The van der Waals surface area contributed by atoms with E-state index in [1.165, 1.54) is 19.2 Å². The fraction of sp³-hybridized carbons (Fsp3) is 0.316. The third kappa shape index (κ3) is 5.60. The van der Waals surface area contributed by atoms with Gasteiger partial charge in [0, 0.05) is 12.1 Å². The molecule has 0 bridgehead atoms. The SMILES string of the molecule is COc1ccc([C@H](C)NC(=O)CN(c2cc([N+](=O)[O-])ccc2OC)S(C)(=O)=O)cc1. The monoisotopic (exact) mass is 437 g/mol. The number of carbonyl (C=O) groups excluding carboxylic acids is 1. The number of carbonyl (C=O) groups is 1. The van der Waals surface area contributed by atoms with Gasteiger partial charge in [0.05, 0.1) is 31.4 Å². The second kappa shape index (κ2) is 9.44. The van der Waals surface area contributed by atoms with Crippen molar-refractivity contribution in [2.45, 2.75) is 13.0 Å². The molecular weight excluding hydrogens is 414 g/mol. The summed E-state index contributed by atoms with van der Waals surface area (Å²) in [5.74, 6) is 0.164. The van der Waals surface area contributed by atoms with E-state index in [4.69, 9.17) is 9.47 Å². The van der Waals surface area contributed by atoms with Gasteiger partial charge in [-0.15, -0.1) is 0 Å². The average molecular weight is 437 g/mol. The molecule has 2 aromatic carbocycles. The Hall–Kier alpha value is -3.34. The Balaban J connectivity index is 2.28. The van der Waals surface area contributed by atoms with Crippen LogP contribution in [0.1, 0.15) is 18.5 Å². The van der Waals surface area contributed by atoms with Gasteiger partial charge in [0.15, 0.2) is 0 Å². The van der Waals surface area contributed by atoms with Crippen molar-refractivity contribution in [2.75, 3.05) is 31.3 Å². The lowest BCUT2D eigenvalue weighted by atomic mass is 10.1. The number of rotatable bonds is 9. The normalized spacial score (nSPS) is 12.0. The molecule has 30 heavy (non-hydrogen) atoms. The number of nitrogens with one attached hydrogen (secondary N) is 1. The molecule has 0 aliphatic heterocycles. The number of methoxy groups -OCH3 is 2. The van der Waals surface area contributed by atoms with Gasteiger partial charge in [-0.25, -0.2) is 8.42 Å². The molecule has 0 unspecified atom stereocenters. The van der Waals surface area contributed by atoms with Gasteiger partial charge in [0.1, 0.15) is 23.7 Å². The largest absolute Gasteiger partial charge is 0.497 e. The zero-order valence-corrected chi connectivity index (χ0v) is 17.8. The van der Waals surface area contributed by atoms with Crippen LogP contribution in [0.3, 0.4) is 0 Å². The summed E-state index contributed by atoms with van der Waals surface area (Å²) in [4.78, 5) is 23.0. The maximum atomic E-state index is 12.6. The summed E-state index contributed by atoms with van der Waals surface area (Å²) < 4.78 is 35.7. The number of hydrogen-bond acceptors (Lipinski definition) is 7. The van der Waals surface area contributed by atoms with Crippen molar-refractivity contribution in [3.05, 3.63) is 58.1 Å². The van der Waals surface area contributed by atoms with Crippen molar-refractivity contribution >= 4 is 27.3 Å². The van der Waals surface area contributed by atoms with Crippen molar-refractivity contribution in [2.24, 2.45) is 0 Å². The van der Waals surface area contributed by atoms with Gasteiger partial charge in [-0.1, -0.05) is 12.1 Å². The van der Waals surface area contributed by atoms with Crippen LogP contribution in [0.15, 0.2) is 42.5 Å². The number of nitro benzene ring substituents is 1. The van der Waals surface area contributed by atoms with Crippen LogP contribution in [0.5, 0.6) is 11.5 Å². The Morgan fingerprint density at radius 3 is 2.30 bits per heavy atom. The van der Waals surface area contributed by atoms with Crippen LogP contribution >= 0.6 is 0 Å². The van der Waals surface area contributed by atoms with Crippen molar-refractivity contribution in [1.29, 1.82) is 0 Å². The quantitative estimate of drug-likeness (QED) is 0.471. The number of ether oxygens (including phenoxy) is 2. The molecule has 0 aliphatic rings. The minimum atomic E-state index is -3.94. The van der Waals surface area contributed by atoms with Crippen molar-refractivity contribution in [1.82, 2.24) is 5.32 Å². The van der Waals surface area contributed by atoms with E-state index in [9.17, 15) is 23.3 Å². The predicted molar refractivity (Wildman–Crippen MR) is 111 cm³/mol. The number of nitrogens with zero attached hydrogens (tertiary/aromatic N) is 2. The van der Waals surface area contributed by atoms with E-state index < -0.39 is 33.4 Å². The summed E-state index contributed by atoms with van der Waals surface area (Å²) in [6.45, 7) is 1.18. The van der Waals surface area contributed by atoms with Crippen LogP contribution in [0.2, 0.25) is 0 Å². The first kappa shape index (κ1) is 22.9. The molecule has 0 heterocycles. The van der Waals surface area contributed by atoms with Gasteiger partial charge in [0.2, 0.25) is 15.9 Å². The molecule has 0 saturated heterocycles. The highest BCUT2D eigenvalue weighted by Gasteiger charge is 2.26. The highest BCUT2D eigenvalue weighted by atomic mass is 32.2. The lowest BCUT2D eigenvalue weighted by Crippen LogP contribution is -2.41. The molecule has 10 nitrogen and oxygen atoms in total. The van der Waals surface area contributed by atoms with Crippen LogP contribution in [0, 0.1) is 10.1 Å². The number of nitro groups is 1. The van der Waals surface area contributed by atoms with Gasteiger partial charge in [0.25, 0.3) is 5.69 Å². The lowest BCUT2D eigenvalue weighted by molar-refractivity contribution is -0.384. The Labute approximate surface area is 174 Å². The molecule has 1 atom stereocenters. The molecule has 1 N–H and O–H groups in total. The lowest BCUT2D eigenvalue weighted by Gasteiger charge is -2.24. The van der Waals surface area contributed by atoms with Crippen LogP contribution in [-0.4, -0.2) is 46.3 Å². The van der Waals surface area contributed by atoms with E-state index in [0.717, 1.165) is 22.2 Å². The second-order valence-corrected chi connectivity index (χ2v) is 8.35. The molecule has 162 valence electrons. The van der Waals surface area contributed by atoms with E-state index in [1.807, 2.05) is 0 Å². The van der Waals surface area contributed by atoms with Crippen LogP contribution in [-0.2, 0) is 14.8 Å². The van der Waals surface area contributed by atoms with Gasteiger partial charge < -0.3 is 14.8 Å². The highest BCUT2D eigenvalue weighted by Crippen LogP contribution is 2.33. The standard InChI is InChI=1S/C19H23N3O7S/c1-13(14-5-8-16(28-2)9-6-14)20-19(23)12-21(30(4,26)27)17-11-15(22(24)25)7-10-18(17)29-3/h5-11,13H,12H2,1-4H3,(H,20,23)/t13-/m0/s1. The molecule has 0 spiro atoms. The molecule has 2 rings (SSSR count). The maximum Gasteiger partial charge on any atom is 0.271 e. The summed E-state index contributed by atoms with van der Waals surface area (Å²) >= 11 is 0. The minimum absolute atomic E-state index is 0.0852.